The molecule has 1 fully saturated rings. The minimum atomic E-state index is -0.426. The number of amides is 1. The molecule has 0 atom stereocenters. The van der Waals surface area contributed by atoms with Gasteiger partial charge < -0.3 is 29.7 Å². The van der Waals surface area contributed by atoms with E-state index in [1.807, 2.05) is 23.1 Å². The van der Waals surface area contributed by atoms with Crippen molar-refractivity contribution in [1.82, 2.24) is 24.8 Å². The topological polar surface area (TPSA) is 129 Å². The number of methoxy groups -OCH3 is 2. The number of nitrogen functional groups attached to an aromatic ring is 1. The van der Waals surface area contributed by atoms with Gasteiger partial charge in [-0.05, 0) is 42.5 Å². The number of anilines is 2. The number of hydrogen-bond donors (Lipinski definition) is 1. The normalized spacial score (nSPS) is 13.5. The minimum Gasteiger partial charge on any atom is -0.493 e. The van der Waals surface area contributed by atoms with E-state index in [1.54, 1.807) is 49.6 Å². The smallest absolute Gasteiger partial charge is 0.415 e. The Kier molecular flexibility index (Phi) is 6.78. The first-order valence-electron chi connectivity index (χ1n) is 11.4. The van der Waals surface area contributed by atoms with Gasteiger partial charge in [-0.1, -0.05) is 11.6 Å². The molecule has 0 aliphatic carbocycles. The van der Waals surface area contributed by atoms with Gasteiger partial charge in [0, 0.05) is 36.8 Å². The maximum atomic E-state index is 12.6. The van der Waals surface area contributed by atoms with E-state index < -0.39 is 6.09 Å². The highest BCUT2D eigenvalue weighted by atomic mass is 35.5. The van der Waals surface area contributed by atoms with E-state index >= 15 is 0 Å². The Bertz CT molecular complexity index is 1440. The number of aromatic nitrogens is 4. The molecule has 1 aliphatic heterocycles. The zero-order chi connectivity index (χ0) is 25.9. The standard InChI is InChI=1S/C25H24ClN7O4/c1-35-19-8-3-15(13-20(19)36-2)18-14-28-22-21(29-18)23(31-24(27)30-22)32-9-11-33(12-10-32)25(34)37-17-6-4-16(26)5-7-17/h3-8,13-14H,9-12H2,1-2H3,(H2,27,28,30,31). The molecule has 0 unspecified atom stereocenters. The minimum absolute atomic E-state index is 0.0974. The van der Waals surface area contributed by atoms with E-state index in [1.165, 1.54) is 0 Å². The molecule has 3 heterocycles. The third kappa shape index (κ3) is 5.12. The SMILES string of the molecule is COc1ccc(-c2cnc3nc(N)nc(N4CCN(C(=O)Oc5ccc(Cl)cc5)CC4)c3n2)cc1OC. The van der Waals surface area contributed by atoms with Gasteiger partial charge in [-0.2, -0.15) is 9.97 Å². The molecule has 12 heteroatoms. The van der Waals surface area contributed by atoms with Gasteiger partial charge in [-0.25, -0.2) is 14.8 Å². The zero-order valence-electron chi connectivity index (χ0n) is 20.2. The van der Waals surface area contributed by atoms with Crippen molar-refractivity contribution in [3.8, 4) is 28.5 Å². The fourth-order valence-corrected chi connectivity index (χ4v) is 4.16. The second-order valence-corrected chi connectivity index (χ2v) is 8.64. The van der Waals surface area contributed by atoms with Gasteiger partial charge >= 0.3 is 6.09 Å². The highest BCUT2D eigenvalue weighted by Gasteiger charge is 2.26. The van der Waals surface area contributed by atoms with Gasteiger partial charge in [0.1, 0.15) is 5.75 Å². The molecule has 1 amide bonds. The molecule has 0 radical (unpaired) electrons. The van der Waals surface area contributed by atoms with Crippen LogP contribution in [0.1, 0.15) is 0 Å². The van der Waals surface area contributed by atoms with Gasteiger partial charge in [0.15, 0.2) is 28.5 Å². The lowest BCUT2D eigenvalue weighted by Crippen LogP contribution is -2.50. The predicted molar refractivity (Wildman–Crippen MR) is 139 cm³/mol. The maximum Gasteiger partial charge on any atom is 0.415 e. The molecule has 1 aliphatic rings. The number of nitrogens with zero attached hydrogens (tertiary/aromatic N) is 6. The predicted octanol–water partition coefficient (Wildman–Crippen LogP) is 3.66. The number of ether oxygens (including phenoxy) is 3. The Morgan fingerprint density at radius 2 is 1.68 bits per heavy atom. The van der Waals surface area contributed by atoms with E-state index in [-0.39, 0.29) is 5.95 Å². The van der Waals surface area contributed by atoms with Crippen LogP contribution in [0.5, 0.6) is 17.2 Å². The van der Waals surface area contributed by atoms with Crippen LogP contribution in [0.2, 0.25) is 5.02 Å². The number of rotatable bonds is 5. The molecule has 0 bridgehead atoms. The van der Waals surface area contributed by atoms with Crippen molar-refractivity contribution in [3.63, 3.8) is 0 Å². The van der Waals surface area contributed by atoms with E-state index in [4.69, 9.17) is 36.5 Å². The molecule has 0 spiro atoms. The van der Waals surface area contributed by atoms with Crippen molar-refractivity contribution in [1.29, 1.82) is 0 Å². The lowest BCUT2D eigenvalue weighted by atomic mass is 10.1. The molecule has 11 nitrogen and oxygen atoms in total. The Morgan fingerprint density at radius 1 is 0.946 bits per heavy atom. The van der Waals surface area contributed by atoms with Crippen molar-refractivity contribution >= 4 is 40.6 Å². The van der Waals surface area contributed by atoms with Crippen LogP contribution in [-0.4, -0.2) is 71.3 Å². The van der Waals surface area contributed by atoms with Crippen LogP contribution >= 0.6 is 11.6 Å². The van der Waals surface area contributed by atoms with Crippen molar-refractivity contribution in [3.05, 3.63) is 53.7 Å². The van der Waals surface area contributed by atoms with Crippen LogP contribution in [0.25, 0.3) is 22.4 Å². The van der Waals surface area contributed by atoms with Crippen LogP contribution in [0, 0.1) is 0 Å². The molecule has 0 saturated carbocycles. The van der Waals surface area contributed by atoms with Crippen LogP contribution < -0.4 is 24.8 Å². The van der Waals surface area contributed by atoms with E-state index in [0.29, 0.717) is 71.1 Å². The first kappa shape index (κ1) is 24.3. The summed E-state index contributed by atoms with van der Waals surface area (Å²) in [7, 11) is 3.16. The molecule has 2 N–H and O–H groups in total. The summed E-state index contributed by atoms with van der Waals surface area (Å²) in [6.07, 6.45) is 1.20. The second-order valence-electron chi connectivity index (χ2n) is 8.20. The van der Waals surface area contributed by atoms with Gasteiger partial charge in [0.05, 0.1) is 26.1 Å². The lowest BCUT2D eigenvalue weighted by Gasteiger charge is -2.34. The summed E-state index contributed by atoms with van der Waals surface area (Å²) in [5, 5.41) is 0.571. The summed E-state index contributed by atoms with van der Waals surface area (Å²) in [6, 6.07) is 12.2. The van der Waals surface area contributed by atoms with E-state index in [0.717, 1.165) is 5.56 Å². The molecular formula is C25H24ClN7O4. The fourth-order valence-electron chi connectivity index (χ4n) is 4.03. The van der Waals surface area contributed by atoms with Crippen molar-refractivity contribution in [2.24, 2.45) is 0 Å². The Balaban J connectivity index is 1.37. The molecule has 4 aromatic rings. The summed E-state index contributed by atoms with van der Waals surface area (Å²) < 4.78 is 16.2. The third-order valence-electron chi connectivity index (χ3n) is 5.94. The number of carbonyl (C=O) groups excluding carboxylic acids is 1. The first-order valence-corrected chi connectivity index (χ1v) is 11.8. The van der Waals surface area contributed by atoms with Gasteiger partial charge in [0.25, 0.3) is 0 Å². The second kappa shape index (κ2) is 10.3. The van der Waals surface area contributed by atoms with Crippen molar-refractivity contribution < 1.29 is 19.0 Å². The van der Waals surface area contributed by atoms with Crippen LogP contribution in [0.15, 0.2) is 48.7 Å². The van der Waals surface area contributed by atoms with Crippen LogP contribution in [-0.2, 0) is 0 Å². The fraction of sp³-hybridized carbons (Fsp3) is 0.240. The van der Waals surface area contributed by atoms with Gasteiger partial charge in [-0.15, -0.1) is 0 Å². The van der Waals surface area contributed by atoms with E-state index in [9.17, 15) is 4.79 Å². The first-order chi connectivity index (χ1) is 17.9. The Labute approximate surface area is 217 Å². The average molecular weight is 522 g/mol. The summed E-state index contributed by atoms with van der Waals surface area (Å²) >= 11 is 5.90. The summed E-state index contributed by atoms with van der Waals surface area (Å²) in [4.78, 5) is 34.3. The summed E-state index contributed by atoms with van der Waals surface area (Å²) in [5.41, 5.74) is 8.29. The molecule has 190 valence electrons. The van der Waals surface area contributed by atoms with Crippen molar-refractivity contribution in [2.75, 3.05) is 51.0 Å². The summed E-state index contributed by atoms with van der Waals surface area (Å²) in [5.74, 6) is 2.29. The highest BCUT2D eigenvalue weighted by molar-refractivity contribution is 6.30. The maximum absolute atomic E-state index is 12.6. The van der Waals surface area contributed by atoms with Gasteiger partial charge in [0.2, 0.25) is 5.95 Å². The number of nitrogens with two attached hydrogens (primary N) is 1. The summed E-state index contributed by atoms with van der Waals surface area (Å²) in [6.45, 7) is 1.87. The van der Waals surface area contributed by atoms with Crippen LogP contribution in [0.4, 0.5) is 16.6 Å². The number of benzene rings is 2. The number of halogens is 1. The Morgan fingerprint density at radius 3 is 2.38 bits per heavy atom. The van der Waals surface area contributed by atoms with Gasteiger partial charge in [-0.3, -0.25) is 0 Å². The molecule has 5 rings (SSSR count). The Hall–Kier alpha value is -4.38. The lowest BCUT2D eigenvalue weighted by molar-refractivity contribution is 0.149. The molecular weight excluding hydrogens is 498 g/mol. The quantitative estimate of drug-likeness (QED) is 0.415. The number of hydrogen-bond acceptors (Lipinski definition) is 10. The monoisotopic (exact) mass is 521 g/mol. The third-order valence-corrected chi connectivity index (χ3v) is 6.19. The number of carbonyl (C=O) groups is 1. The molecule has 37 heavy (non-hydrogen) atoms. The number of fused-ring (bicyclic) bond motifs is 1. The molecule has 2 aromatic carbocycles. The van der Waals surface area contributed by atoms with Crippen molar-refractivity contribution in [2.45, 2.75) is 0 Å². The number of piperazine rings is 1. The largest absolute Gasteiger partial charge is 0.493 e. The zero-order valence-corrected chi connectivity index (χ0v) is 21.0. The molecule has 1 saturated heterocycles. The average Bonchev–Trinajstić information content (AvgIpc) is 2.93. The van der Waals surface area contributed by atoms with E-state index in [2.05, 4.69) is 15.0 Å². The highest BCUT2D eigenvalue weighted by Crippen LogP contribution is 2.33. The molecule has 2 aromatic heterocycles. The van der Waals surface area contributed by atoms with Crippen LogP contribution in [0.3, 0.4) is 0 Å².